The largest absolute Gasteiger partial charge is 0.493 e. The number of ether oxygens (including phenoxy) is 1. The summed E-state index contributed by atoms with van der Waals surface area (Å²) in [5.74, 6) is 7.54. The molecular formula is C17H16ClNOS. The van der Waals surface area contributed by atoms with Crippen molar-refractivity contribution >= 4 is 23.4 Å². The van der Waals surface area contributed by atoms with Crippen LogP contribution in [0.4, 0.5) is 0 Å². The van der Waals surface area contributed by atoms with E-state index in [1.165, 1.54) is 4.90 Å². The number of benzene rings is 2. The fourth-order valence-corrected chi connectivity index (χ4v) is 2.49. The van der Waals surface area contributed by atoms with Crippen molar-refractivity contribution in [3.8, 4) is 17.6 Å². The number of rotatable bonds is 5. The second kappa shape index (κ2) is 8.63. The van der Waals surface area contributed by atoms with E-state index in [0.717, 1.165) is 22.1 Å². The zero-order valence-corrected chi connectivity index (χ0v) is 13.1. The Kier molecular flexibility index (Phi) is 6.49. The van der Waals surface area contributed by atoms with Gasteiger partial charge in [0.25, 0.3) is 0 Å². The van der Waals surface area contributed by atoms with Crippen LogP contribution in [0.25, 0.3) is 0 Å². The molecule has 0 aliphatic carbocycles. The van der Waals surface area contributed by atoms with Crippen LogP contribution >= 0.6 is 23.4 Å². The van der Waals surface area contributed by atoms with E-state index in [4.69, 9.17) is 22.1 Å². The van der Waals surface area contributed by atoms with Crippen LogP contribution in [0.5, 0.6) is 5.75 Å². The molecule has 2 rings (SSSR count). The van der Waals surface area contributed by atoms with Gasteiger partial charge in [-0.15, -0.1) is 11.8 Å². The van der Waals surface area contributed by atoms with Crippen molar-refractivity contribution in [2.24, 2.45) is 5.73 Å². The molecule has 0 saturated carbocycles. The molecule has 0 aliphatic heterocycles. The third kappa shape index (κ3) is 5.73. The Morgan fingerprint density at radius 2 is 1.76 bits per heavy atom. The summed E-state index contributed by atoms with van der Waals surface area (Å²) in [6.45, 7) is 1.03. The number of nitrogens with two attached hydrogens (primary N) is 1. The SMILES string of the molecule is NCC#Cc1ccc(OCCSc2ccc(Cl)cc2)cc1. The maximum absolute atomic E-state index is 5.85. The molecule has 0 atom stereocenters. The predicted octanol–water partition coefficient (Wildman–Crippen LogP) is 3.82. The normalized spacial score (nSPS) is 9.81. The molecule has 0 heterocycles. The Hall–Kier alpha value is -1.60. The van der Waals surface area contributed by atoms with Gasteiger partial charge in [0, 0.05) is 21.2 Å². The van der Waals surface area contributed by atoms with Crippen LogP contribution in [-0.2, 0) is 0 Å². The molecule has 0 aromatic heterocycles. The molecule has 2 aromatic rings. The van der Waals surface area contributed by atoms with Crippen molar-refractivity contribution in [3.63, 3.8) is 0 Å². The molecule has 2 aromatic carbocycles. The summed E-state index contributed by atoms with van der Waals surface area (Å²) in [4.78, 5) is 1.19. The van der Waals surface area contributed by atoms with Gasteiger partial charge in [-0.3, -0.25) is 0 Å². The van der Waals surface area contributed by atoms with Gasteiger partial charge in [-0.25, -0.2) is 0 Å². The van der Waals surface area contributed by atoms with Crippen molar-refractivity contribution in [1.29, 1.82) is 0 Å². The summed E-state index contributed by atoms with van der Waals surface area (Å²) in [7, 11) is 0. The molecule has 21 heavy (non-hydrogen) atoms. The molecule has 2 N–H and O–H groups in total. The maximum atomic E-state index is 5.85. The minimum Gasteiger partial charge on any atom is -0.493 e. The van der Waals surface area contributed by atoms with E-state index in [1.807, 2.05) is 48.5 Å². The molecule has 0 aliphatic rings. The second-order valence-corrected chi connectivity index (χ2v) is 5.79. The molecule has 108 valence electrons. The molecule has 0 radical (unpaired) electrons. The smallest absolute Gasteiger partial charge is 0.119 e. The monoisotopic (exact) mass is 317 g/mol. The number of hydrogen-bond donors (Lipinski definition) is 1. The fourth-order valence-electron chi connectivity index (χ4n) is 1.64. The number of hydrogen-bond acceptors (Lipinski definition) is 3. The van der Waals surface area contributed by atoms with Crippen molar-refractivity contribution in [1.82, 2.24) is 0 Å². The van der Waals surface area contributed by atoms with E-state index < -0.39 is 0 Å². The summed E-state index contributed by atoms with van der Waals surface area (Å²) in [6.07, 6.45) is 0. The van der Waals surface area contributed by atoms with Crippen LogP contribution in [0, 0.1) is 11.8 Å². The third-order valence-electron chi connectivity index (χ3n) is 2.62. The van der Waals surface area contributed by atoms with Crippen molar-refractivity contribution in [3.05, 3.63) is 59.1 Å². The van der Waals surface area contributed by atoms with Crippen LogP contribution in [0.2, 0.25) is 5.02 Å². The second-order valence-electron chi connectivity index (χ2n) is 4.18. The van der Waals surface area contributed by atoms with Gasteiger partial charge in [-0.2, -0.15) is 0 Å². The van der Waals surface area contributed by atoms with Gasteiger partial charge in [-0.1, -0.05) is 23.4 Å². The Morgan fingerprint density at radius 3 is 2.43 bits per heavy atom. The lowest BCUT2D eigenvalue weighted by atomic mass is 10.2. The summed E-state index contributed by atoms with van der Waals surface area (Å²) >= 11 is 7.59. The molecule has 0 spiro atoms. The van der Waals surface area contributed by atoms with Gasteiger partial charge in [0.15, 0.2) is 0 Å². The first kappa shape index (κ1) is 15.8. The highest BCUT2D eigenvalue weighted by Crippen LogP contribution is 2.20. The van der Waals surface area contributed by atoms with E-state index in [1.54, 1.807) is 11.8 Å². The molecule has 0 amide bonds. The minimum atomic E-state index is 0.375. The van der Waals surface area contributed by atoms with Gasteiger partial charge in [0.2, 0.25) is 0 Å². The van der Waals surface area contributed by atoms with Crippen LogP contribution in [0.1, 0.15) is 5.56 Å². The van der Waals surface area contributed by atoms with E-state index >= 15 is 0 Å². The summed E-state index contributed by atoms with van der Waals surface area (Å²) in [6, 6.07) is 15.5. The van der Waals surface area contributed by atoms with Crippen molar-refractivity contribution in [2.75, 3.05) is 18.9 Å². The standard InChI is InChI=1S/C17H16ClNOS/c18-15-5-9-17(10-6-15)21-13-12-20-16-7-3-14(4-8-16)2-1-11-19/h3-10H,11-13,19H2. The molecule has 0 fully saturated rings. The highest BCUT2D eigenvalue weighted by atomic mass is 35.5. The van der Waals surface area contributed by atoms with Crippen LogP contribution in [0.3, 0.4) is 0 Å². The van der Waals surface area contributed by atoms with E-state index in [9.17, 15) is 0 Å². The summed E-state index contributed by atoms with van der Waals surface area (Å²) in [5.41, 5.74) is 6.28. The van der Waals surface area contributed by atoms with E-state index in [-0.39, 0.29) is 0 Å². The topological polar surface area (TPSA) is 35.2 Å². The zero-order chi connectivity index (χ0) is 14.9. The molecule has 2 nitrogen and oxygen atoms in total. The Morgan fingerprint density at radius 1 is 1.05 bits per heavy atom. The van der Waals surface area contributed by atoms with Gasteiger partial charge >= 0.3 is 0 Å². The molecule has 0 bridgehead atoms. The summed E-state index contributed by atoms with van der Waals surface area (Å²) < 4.78 is 5.69. The molecule has 0 unspecified atom stereocenters. The van der Waals surface area contributed by atoms with Crippen molar-refractivity contribution in [2.45, 2.75) is 4.90 Å². The Balaban J connectivity index is 1.74. The van der Waals surface area contributed by atoms with Crippen LogP contribution in [-0.4, -0.2) is 18.9 Å². The van der Waals surface area contributed by atoms with Crippen LogP contribution in [0.15, 0.2) is 53.4 Å². The fraction of sp³-hybridized carbons (Fsp3) is 0.176. The Bertz CT molecular complexity index is 614. The van der Waals surface area contributed by atoms with Gasteiger partial charge in [0.05, 0.1) is 13.2 Å². The lowest BCUT2D eigenvalue weighted by Gasteiger charge is -2.06. The lowest BCUT2D eigenvalue weighted by Crippen LogP contribution is -1.99. The maximum Gasteiger partial charge on any atom is 0.119 e. The van der Waals surface area contributed by atoms with E-state index in [0.29, 0.717) is 13.2 Å². The van der Waals surface area contributed by atoms with Crippen molar-refractivity contribution < 1.29 is 4.74 Å². The van der Waals surface area contributed by atoms with Crippen LogP contribution < -0.4 is 10.5 Å². The molecule has 4 heteroatoms. The highest BCUT2D eigenvalue weighted by Gasteiger charge is 1.97. The zero-order valence-electron chi connectivity index (χ0n) is 11.5. The first-order valence-corrected chi connectivity index (χ1v) is 7.94. The number of halogens is 1. The molecular weight excluding hydrogens is 302 g/mol. The first-order valence-electron chi connectivity index (χ1n) is 6.58. The first-order chi connectivity index (χ1) is 10.3. The minimum absolute atomic E-state index is 0.375. The van der Waals surface area contributed by atoms with Gasteiger partial charge in [0.1, 0.15) is 5.75 Å². The van der Waals surface area contributed by atoms with Gasteiger partial charge in [-0.05, 0) is 48.5 Å². The third-order valence-corrected chi connectivity index (χ3v) is 3.85. The van der Waals surface area contributed by atoms with Gasteiger partial charge < -0.3 is 10.5 Å². The predicted molar refractivity (Wildman–Crippen MR) is 90.0 cm³/mol. The average Bonchev–Trinajstić information content (AvgIpc) is 2.52. The lowest BCUT2D eigenvalue weighted by molar-refractivity contribution is 0.344. The van der Waals surface area contributed by atoms with E-state index in [2.05, 4.69) is 11.8 Å². The Labute approximate surface area is 134 Å². The number of thioether (sulfide) groups is 1. The highest BCUT2D eigenvalue weighted by molar-refractivity contribution is 7.99. The average molecular weight is 318 g/mol. The molecule has 0 saturated heterocycles. The quantitative estimate of drug-likeness (QED) is 0.517. The summed E-state index contributed by atoms with van der Waals surface area (Å²) in [5, 5.41) is 0.758.